The normalized spacial score (nSPS) is 9.56. The average molecular weight is 186 g/mol. The third-order valence-corrected chi connectivity index (χ3v) is 1.86. The number of pyridine rings is 1. The van der Waals surface area contributed by atoms with Gasteiger partial charge in [0.2, 0.25) is 0 Å². The zero-order valence-corrected chi connectivity index (χ0v) is 6.85. The van der Waals surface area contributed by atoms with E-state index in [1.807, 2.05) is 19.2 Å². The third-order valence-electron chi connectivity index (χ3n) is 1.26. The molecule has 0 saturated carbocycles. The van der Waals surface area contributed by atoms with Gasteiger partial charge in [0.25, 0.3) is 0 Å². The molecule has 0 bridgehead atoms. The van der Waals surface area contributed by atoms with Gasteiger partial charge in [-0.2, -0.15) is 0 Å². The van der Waals surface area contributed by atoms with E-state index in [-0.39, 0.29) is 0 Å². The van der Waals surface area contributed by atoms with Crippen molar-refractivity contribution in [3.8, 4) is 0 Å². The topological polar surface area (TPSA) is 12.9 Å². The summed E-state index contributed by atoms with van der Waals surface area (Å²) in [6, 6.07) is 4.01. The highest BCUT2D eigenvalue weighted by Crippen LogP contribution is 2.06. The summed E-state index contributed by atoms with van der Waals surface area (Å²) in [6.07, 6.45) is 1.81. The summed E-state index contributed by atoms with van der Waals surface area (Å²) in [6.45, 7) is 2.01. The van der Waals surface area contributed by atoms with Crippen LogP contribution in [0.25, 0.3) is 0 Å². The fourth-order valence-corrected chi connectivity index (χ4v) is 1.25. The summed E-state index contributed by atoms with van der Waals surface area (Å²) in [7, 11) is 0. The van der Waals surface area contributed by atoms with Gasteiger partial charge < -0.3 is 0 Å². The van der Waals surface area contributed by atoms with Gasteiger partial charge in [0, 0.05) is 17.2 Å². The van der Waals surface area contributed by atoms with Gasteiger partial charge in [-0.25, -0.2) is 0 Å². The lowest BCUT2D eigenvalue weighted by Gasteiger charge is -1.96. The Morgan fingerprint density at radius 3 is 2.89 bits per heavy atom. The first-order valence-corrected chi connectivity index (χ1v) is 3.93. The van der Waals surface area contributed by atoms with Crippen molar-refractivity contribution in [2.75, 3.05) is 0 Å². The molecule has 0 aliphatic rings. The van der Waals surface area contributed by atoms with Crippen molar-refractivity contribution in [3.05, 3.63) is 29.6 Å². The van der Waals surface area contributed by atoms with Crippen molar-refractivity contribution >= 4 is 15.9 Å². The SMILES string of the molecule is Cc1ncccc1CBr. The Hall–Kier alpha value is -0.370. The molecule has 0 aliphatic carbocycles. The lowest BCUT2D eigenvalue weighted by molar-refractivity contribution is 1.14. The van der Waals surface area contributed by atoms with Gasteiger partial charge in [0.15, 0.2) is 0 Å². The number of aromatic nitrogens is 1. The van der Waals surface area contributed by atoms with Crippen molar-refractivity contribution in [2.45, 2.75) is 12.3 Å². The average Bonchev–Trinajstić information content (AvgIpc) is 1.89. The monoisotopic (exact) mass is 185 g/mol. The first-order valence-electron chi connectivity index (χ1n) is 2.81. The van der Waals surface area contributed by atoms with Crippen LogP contribution in [0.4, 0.5) is 0 Å². The Morgan fingerprint density at radius 2 is 2.44 bits per heavy atom. The second-order valence-electron chi connectivity index (χ2n) is 1.88. The summed E-state index contributed by atoms with van der Waals surface area (Å²) >= 11 is 3.37. The molecule has 1 heterocycles. The van der Waals surface area contributed by atoms with Gasteiger partial charge in [-0.15, -0.1) is 0 Å². The van der Waals surface area contributed by atoms with Crippen molar-refractivity contribution in [1.29, 1.82) is 0 Å². The Balaban J connectivity index is 3.01. The van der Waals surface area contributed by atoms with Crippen molar-refractivity contribution in [1.82, 2.24) is 4.98 Å². The van der Waals surface area contributed by atoms with Crippen LogP contribution >= 0.6 is 15.9 Å². The molecule has 1 aromatic heterocycles. The zero-order chi connectivity index (χ0) is 6.69. The quantitative estimate of drug-likeness (QED) is 0.613. The van der Waals surface area contributed by atoms with Gasteiger partial charge in [-0.05, 0) is 18.6 Å². The lowest BCUT2D eigenvalue weighted by atomic mass is 10.2. The number of hydrogen-bond acceptors (Lipinski definition) is 1. The number of rotatable bonds is 1. The molecule has 1 rings (SSSR count). The highest BCUT2D eigenvalue weighted by Gasteiger charge is 1.92. The molecule has 0 unspecified atom stereocenters. The van der Waals surface area contributed by atoms with E-state index in [1.54, 1.807) is 0 Å². The second-order valence-corrected chi connectivity index (χ2v) is 2.44. The standard InChI is InChI=1S/C7H8BrN/c1-6-7(5-8)3-2-4-9-6/h2-4H,5H2,1H3. The number of aryl methyl sites for hydroxylation is 1. The molecule has 2 heteroatoms. The zero-order valence-electron chi connectivity index (χ0n) is 5.26. The molecule has 0 saturated heterocycles. The molecule has 0 fully saturated rings. The Bertz CT molecular complexity index is 198. The molecule has 1 aromatic rings. The van der Waals surface area contributed by atoms with E-state index >= 15 is 0 Å². The van der Waals surface area contributed by atoms with Crippen LogP contribution in [0, 0.1) is 6.92 Å². The molecule has 0 aromatic carbocycles. The third kappa shape index (κ3) is 1.52. The van der Waals surface area contributed by atoms with Gasteiger partial charge in [-0.1, -0.05) is 22.0 Å². The maximum absolute atomic E-state index is 4.12. The van der Waals surface area contributed by atoms with Crippen LogP contribution in [-0.2, 0) is 5.33 Å². The van der Waals surface area contributed by atoms with Crippen molar-refractivity contribution in [2.24, 2.45) is 0 Å². The largest absolute Gasteiger partial charge is 0.261 e. The smallest absolute Gasteiger partial charge is 0.0413 e. The number of hydrogen-bond donors (Lipinski definition) is 0. The van der Waals surface area contributed by atoms with Crippen LogP contribution in [-0.4, -0.2) is 4.98 Å². The lowest BCUT2D eigenvalue weighted by Crippen LogP contribution is -1.85. The predicted octanol–water partition coefficient (Wildman–Crippen LogP) is 2.28. The highest BCUT2D eigenvalue weighted by atomic mass is 79.9. The van der Waals surface area contributed by atoms with Crippen LogP contribution in [0.3, 0.4) is 0 Å². The molecule has 0 spiro atoms. The molecule has 0 aliphatic heterocycles. The van der Waals surface area contributed by atoms with Crippen LogP contribution in [0.5, 0.6) is 0 Å². The minimum atomic E-state index is 0.896. The molecule has 0 atom stereocenters. The Morgan fingerprint density at radius 1 is 1.67 bits per heavy atom. The Kier molecular flexibility index (Phi) is 2.22. The van der Waals surface area contributed by atoms with Crippen LogP contribution in [0.15, 0.2) is 18.3 Å². The number of halogens is 1. The van der Waals surface area contributed by atoms with Gasteiger partial charge in [0.1, 0.15) is 0 Å². The number of nitrogens with zero attached hydrogens (tertiary/aromatic N) is 1. The molecular weight excluding hydrogens is 178 g/mol. The van der Waals surface area contributed by atoms with E-state index in [2.05, 4.69) is 27.0 Å². The summed E-state index contributed by atoms with van der Waals surface area (Å²) in [5.41, 5.74) is 2.37. The van der Waals surface area contributed by atoms with Crippen LogP contribution in [0.1, 0.15) is 11.3 Å². The molecular formula is C7H8BrN. The van der Waals surface area contributed by atoms with E-state index in [9.17, 15) is 0 Å². The fourth-order valence-electron chi connectivity index (χ4n) is 0.659. The van der Waals surface area contributed by atoms with Crippen molar-refractivity contribution < 1.29 is 0 Å². The molecule has 48 valence electrons. The van der Waals surface area contributed by atoms with Gasteiger partial charge in [0.05, 0.1) is 0 Å². The maximum atomic E-state index is 4.12. The van der Waals surface area contributed by atoms with Gasteiger partial charge >= 0.3 is 0 Å². The molecule has 0 amide bonds. The van der Waals surface area contributed by atoms with Crippen molar-refractivity contribution in [3.63, 3.8) is 0 Å². The molecule has 0 radical (unpaired) electrons. The first-order chi connectivity index (χ1) is 4.34. The first kappa shape index (κ1) is 6.75. The second kappa shape index (κ2) is 2.97. The fraction of sp³-hybridized carbons (Fsp3) is 0.286. The van der Waals surface area contributed by atoms with E-state index in [0.29, 0.717) is 0 Å². The summed E-state index contributed by atoms with van der Waals surface area (Å²) in [5, 5.41) is 0.896. The predicted molar refractivity (Wildman–Crippen MR) is 41.6 cm³/mol. The highest BCUT2D eigenvalue weighted by molar-refractivity contribution is 9.08. The van der Waals surface area contributed by atoms with E-state index in [4.69, 9.17) is 0 Å². The summed E-state index contributed by atoms with van der Waals surface area (Å²) in [5.74, 6) is 0. The van der Waals surface area contributed by atoms with Crippen LogP contribution < -0.4 is 0 Å². The van der Waals surface area contributed by atoms with E-state index in [0.717, 1.165) is 11.0 Å². The maximum Gasteiger partial charge on any atom is 0.0413 e. The summed E-state index contributed by atoms with van der Waals surface area (Å²) < 4.78 is 0. The summed E-state index contributed by atoms with van der Waals surface area (Å²) in [4.78, 5) is 4.12. The van der Waals surface area contributed by atoms with Crippen LogP contribution in [0.2, 0.25) is 0 Å². The number of alkyl halides is 1. The molecule has 0 N–H and O–H groups in total. The molecule has 1 nitrogen and oxygen atoms in total. The minimum absolute atomic E-state index is 0.896. The van der Waals surface area contributed by atoms with E-state index in [1.165, 1.54) is 5.56 Å². The van der Waals surface area contributed by atoms with E-state index < -0.39 is 0 Å². The molecule has 9 heavy (non-hydrogen) atoms. The Labute approximate surface area is 63.2 Å². The minimum Gasteiger partial charge on any atom is -0.261 e. The van der Waals surface area contributed by atoms with Gasteiger partial charge in [-0.3, -0.25) is 4.98 Å².